The Labute approximate surface area is 114 Å². The summed E-state index contributed by atoms with van der Waals surface area (Å²) in [7, 11) is 0. The molecule has 0 aliphatic rings. The molecule has 0 aromatic heterocycles. The van der Waals surface area contributed by atoms with E-state index in [1.807, 2.05) is 6.92 Å². The highest BCUT2D eigenvalue weighted by Gasteiger charge is 2.05. The summed E-state index contributed by atoms with van der Waals surface area (Å²) in [6.45, 7) is 4.09. The fourth-order valence-corrected chi connectivity index (χ4v) is 1.45. The van der Waals surface area contributed by atoms with Crippen LogP contribution in [-0.2, 0) is 9.59 Å². The van der Waals surface area contributed by atoms with Crippen LogP contribution in [0.3, 0.4) is 0 Å². The van der Waals surface area contributed by atoms with Crippen LogP contribution in [0.5, 0.6) is 0 Å². The maximum absolute atomic E-state index is 11.3. The molecule has 2 amide bonds. The van der Waals surface area contributed by atoms with Gasteiger partial charge < -0.3 is 5.32 Å². The minimum absolute atomic E-state index is 0.117. The van der Waals surface area contributed by atoms with E-state index in [9.17, 15) is 9.59 Å². The van der Waals surface area contributed by atoms with Crippen LogP contribution < -0.4 is 16.2 Å². The molecular weight excluding hydrogens is 250 g/mol. The third kappa shape index (κ3) is 10.0. The number of carbonyl (C=O) groups is 2. The Balaban J connectivity index is 3.63. The van der Waals surface area contributed by atoms with Crippen molar-refractivity contribution in [1.82, 2.24) is 16.2 Å². The van der Waals surface area contributed by atoms with Crippen LogP contribution in [0.25, 0.3) is 0 Å². The van der Waals surface area contributed by atoms with Crippen molar-refractivity contribution in [2.45, 2.75) is 58.8 Å². The summed E-state index contributed by atoms with van der Waals surface area (Å²) in [5.41, 5.74) is 4.97. The molecule has 0 bridgehead atoms. The molecule has 0 saturated heterocycles. The van der Waals surface area contributed by atoms with Gasteiger partial charge in [-0.15, -0.1) is 0 Å². The Morgan fingerprint density at radius 2 is 1.50 bits per heavy atom. The summed E-state index contributed by atoms with van der Waals surface area (Å²) in [6, 6.07) is 0. The lowest BCUT2D eigenvalue weighted by molar-refractivity contribution is -0.122. The van der Waals surface area contributed by atoms with E-state index in [0.717, 1.165) is 32.1 Å². The largest absolute Gasteiger partial charge is 0.302 e. The molecule has 6 heteroatoms. The number of unbranched alkanes of at least 4 members (excludes halogenated alkanes) is 3. The lowest BCUT2D eigenvalue weighted by Crippen LogP contribution is -2.48. The first-order valence-electron chi connectivity index (χ1n) is 6.48. The molecule has 0 aromatic rings. The Bertz CT molecular complexity index is 282. The second-order valence-corrected chi connectivity index (χ2v) is 4.52. The minimum atomic E-state index is -0.130. The molecule has 104 valence electrons. The van der Waals surface area contributed by atoms with Gasteiger partial charge in [0, 0.05) is 12.8 Å². The Morgan fingerprint density at radius 1 is 0.889 bits per heavy atom. The van der Waals surface area contributed by atoms with E-state index in [2.05, 4.69) is 23.1 Å². The van der Waals surface area contributed by atoms with Crippen LogP contribution in [0.15, 0.2) is 0 Å². The van der Waals surface area contributed by atoms with E-state index in [1.165, 1.54) is 0 Å². The average Bonchev–Trinajstić information content (AvgIpc) is 2.34. The first-order valence-corrected chi connectivity index (χ1v) is 6.89. The van der Waals surface area contributed by atoms with Crippen LogP contribution in [-0.4, -0.2) is 16.9 Å². The molecule has 0 radical (unpaired) electrons. The number of amides is 2. The lowest BCUT2D eigenvalue weighted by Gasteiger charge is -2.10. The molecular formula is C12H23N3O2S. The SMILES string of the molecule is CCCCCC(=O)NNC(=S)NC(=O)CCCC. The molecule has 0 fully saturated rings. The lowest BCUT2D eigenvalue weighted by atomic mass is 10.2. The van der Waals surface area contributed by atoms with Crippen molar-refractivity contribution in [3.8, 4) is 0 Å². The Morgan fingerprint density at radius 3 is 2.11 bits per heavy atom. The molecule has 0 unspecified atom stereocenters. The minimum Gasteiger partial charge on any atom is -0.302 e. The summed E-state index contributed by atoms with van der Waals surface area (Å²) >= 11 is 4.88. The van der Waals surface area contributed by atoms with Crippen LogP contribution in [0.4, 0.5) is 0 Å². The molecule has 18 heavy (non-hydrogen) atoms. The summed E-state index contributed by atoms with van der Waals surface area (Å²) in [5, 5.41) is 2.64. The quantitative estimate of drug-likeness (QED) is 0.376. The third-order valence-corrected chi connectivity index (χ3v) is 2.54. The standard InChI is InChI=1S/C12H23N3O2S/c1-3-5-7-9-11(17)14-15-12(18)13-10(16)8-6-4-2/h3-9H2,1-2H3,(H,14,17)(H2,13,15,16,18). The maximum atomic E-state index is 11.3. The molecule has 5 nitrogen and oxygen atoms in total. The molecule has 0 saturated carbocycles. The van der Waals surface area contributed by atoms with Gasteiger partial charge in [-0.25, -0.2) is 0 Å². The van der Waals surface area contributed by atoms with Gasteiger partial charge in [0.05, 0.1) is 0 Å². The first kappa shape index (κ1) is 16.8. The highest BCUT2D eigenvalue weighted by molar-refractivity contribution is 7.80. The van der Waals surface area contributed by atoms with E-state index >= 15 is 0 Å². The summed E-state index contributed by atoms with van der Waals surface area (Å²) in [6.07, 6.45) is 5.67. The average molecular weight is 273 g/mol. The molecule has 0 aliphatic carbocycles. The van der Waals surface area contributed by atoms with Gasteiger partial charge in [0.25, 0.3) is 0 Å². The van der Waals surface area contributed by atoms with Gasteiger partial charge in [0.15, 0.2) is 5.11 Å². The van der Waals surface area contributed by atoms with Crippen molar-refractivity contribution in [2.24, 2.45) is 0 Å². The number of hydrogen-bond donors (Lipinski definition) is 3. The zero-order valence-corrected chi connectivity index (χ0v) is 12.0. The molecule has 0 spiro atoms. The van der Waals surface area contributed by atoms with Crippen LogP contribution in [0, 0.1) is 0 Å². The van der Waals surface area contributed by atoms with Crippen molar-refractivity contribution >= 4 is 29.1 Å². The van der Waals surface area contributed by atoms with Crippen LogP contribution in [0.2, 0.25) is 0 Å². The fourth-order valence-electron chi connectivity index (χ4n) is 1.28. The highest BCUT2D eigenvalue weighted by atomic mass is 32.1. The molecule has 0 rings (SSSR count). The molecule has 0 aromatic carbocycles. The Kier molecular flexibility index (Phi) is 10.2. The smallest absolute Gasteiger partial charge is 0.238 e. The molecule has 0 heterocycles. The molecule has 0 atom stereocenters. The fraction of sp³-hybridized carbons (Fsp3) is 0.750. The normalized spacial score (nSPS) is 9.67. The first-order chi connectivity index (χ1) is 8.60. The molecule has 0 aliphatic heterocycles. The number of rotatable bonds is 7. The van der Waals surface area contributed by atoms with Crippen molar-refractivity contribution in [1.29, 1.82) is 0 Å². The van der Waals surface area contributed by atoms with Gasteiger partial charge in [0.1, 0.15) is 0 Å². The number of thiocarbonyl (C=S) groups is 1. The van der Waals surface area contributed by atoms with E-state index in [-0.39, 0.29) is 16.9 Å². The second kappa shape index (κ2) is 11.0. The highest BCUT2D eigenvalue weighted by Crippen LogP contribution is 1.97. The third-order valence-electron chi connectivity index (χ3n) is 2.33. The van der Waals surface area contributed by atoms with Crippen molar-refractivity contribution in [3.63, 3.8) is 0 Å². The predicted octanol–water partition coefficient (Wildman–Crippen LogP) is 1.78. The Hall–Kier alpha value is -1.17. The summed E-state index contributed by atoms with van der Waals surface area (Å²) in [4.78, 5) is 22.7. The predicted molar refractivity (Wildman–Crippen MR) is 75.7 cm³/mol. The maximum Gasteiger partial charge on any atom is 0.238 e. The van der Waals surface area contributed by atoms with Crippen LogP contribution >= 0.6 is 12.2 Å². The number of nitrogens with one attached hydrogen (secondary N) is 3. The van der Waals surface area contributed by atoms with Gasteiger partial charge in [-0.05, 0) is 25.1 Å². The van der Waals surface area contributed by atoms with E-state index in [4.69, 9.17) is 12.2 Å². The van der Waals surface area contributed by atoms with Crippen molar-refractivity contribution < 1.29 is 9.59 Å². The van der Waals surface area contributed by atoms with Gasteiger partial charge in [-0.2, -0.15) is 0 Å². The summed E-state index contributed by atoms with van der Waals surface area (Å²) < 4.78 is 0. The number of hydrazine groups is 1. The summed E-state index contributed by atoms with van der Waals surface area (Å²) in [5.74, 6) is -0.247. The number of carbonyl (C=O) groups excluding carboxylic acids is 2. The van der Waals surface area contributed by atoms with Crippen molar-refractivity contribution in [3.05, 3.63) is 0 Å². The zero-order chi connectivity index (χ0) is 13.8. The van der Waals surface area contributed by atoms with E-state index < -0.39 is 0 Å². The van der Waals surface area contributed by atoms with Gasteiger partial charge >= 0.3 is 0 Å². The van der Waals surface area contributed by atoms with E-state index in [1.54, 1.807) is 0 Å². The van der Waals surface area contributed by atoms with E-state index in [0.29, 0.717) is 12.8 Å². The van der Waals surface area contributed by atoms with Gasteiger partial charge in [0.2, 0.25) is 11.8 Å². The second-order valence-electron chi connectivity index (χ2n) is 4.11. The van der Waals surface area contributed by atoms with Gasteiger partial charge in [-0.1, -0.05) is 33.1 Å². The van der Waals surface area contributed by atoms with Crippen molar-refractivity contribution in [2.75, 3.05) is 0 Å². The topological polar surface area (TPSA) is 70.2 Å². The van der Waals surface area contributed by atoms with Crippen LogP contribution in [0.1, 0.15) is 58.8 Å². The monoisotopic (exact) mass is 273 g/mol. The molecule has 3 N–H and O–H groups in total. The number of hydrogen-bond acceptors (Lipinski definition) is 3. The zero-order valence-electron chi connectivity index (χ0n) is 11.2. The van der Waals surface area contributed by atoms with Gasteiger partial charge in [-0.3, -0.25) is 20.4 Å².